The highest BCUT2D eigenvalue weighted by Crippen LogP contribution is 2.28. The Labute approximate surface area is 109 Å². The molecular weight excluding hydrogens is 222 g/mol. The predicted octanol–water partition coefficient (Wildman–Crippen LogP) is 3.55. The molecule has 1 aromatic heterocycles. The molecule has 0 saturated heterocycles. The summed E-state index contributed by atoms with van der Waals surface area (Å²) in [6, 6.07) is 6.26. The van der Waals surface area contributed by atoms with Crippen molar-refractivity contribution in [2.75, 3.05) is 5.73 Å². The second-order valence-electron chi connectivity index (χ2n) is 4.77. The number of imidazole rings is 1. The molecule has 2 rings (SSSR count). The Bertz CT molecular complexity index is 541. The SMILES string of the molecule is CCCCn1cnc(-c2cccc(C)c2C)c1N. The molecular formula is C15H21N3. The van der Waals surface area contributed by atoms with Gasteiger partial charge in [-0.1, -0.05) is 31.5 Å². The number of aryl methyl sites for hydroxylation is 2. The molecule has 2 N–H and O–H groups in total. The Kier molecular flexibility index (Phi) is 3.70. The molecule has 3 nitrogen and oxygen atoms in total. The molecule has 0 bridgehead atoms. The summed E-state index contributed by atoms with van der Waals surface area (Å²) in [5, 5.41) is 0. The minimum atomic E-state index is 0.775. The van der Waals surface area contributed by atoms with Crippen LogP contribution in [0.15, 0.2) is 24.5 Å². The van der Waals surface area contributed by atoms with Gasteiger partial charge in [0, 0.05) is 12.1 Å². The molecule has 0 saturated carbocycles. The number of hydrogen-bond acceptors (Lipinski definition) is 2. The van der Waals surface area contributed by atoms with E-state index in [1.54, 1.807) is 0 Å². The summed E-state index contributed by atoms with van der Waals surface area (Å²) in [7, 11) is 0. The molecule has 0 amide bonds. The molecule has 0 unspecified atom stereocenters. The average Bonchev–Trinajstić information content (AvgIpc) is 2.72. The smallest absolute Gasteiger partial charge is 0.131 e. The predicted molar refractivity (Wildman–Crippen MR) is 76.5 cm³/mol. The zero-order valence-electron chi connectivity index (χ0n) is 11.4. The molecule has 0 aliphatic rings. The Balaban J connectivity index is 2.39. The molecule has 0 aliphatic carbocycles. The molecule has 1 heterocycles. The van der Waals surface area contributed by atoms with Crippen molar-refractivity contribution in [3.63, 3.8) is 0 Å². The fourth-order valence-corrected chi connectivity index (χ4v) is 2.11. The molecule has 0 aliphatic heterocycles. The standard InChI is InChI=1S/C15H21N3/c1-4-5-9-18-10-17-14(15(18)16)13-8-6-7-11(2)12(13)3/h6-8,10H,4-5,9,16H2,1-3H3. The number of rotatable bonds is 4. The van der Waals surface area contributed by atoms with Gasteiger partial charge in [-0.25, -0.2) is 4.98 Å². The monoisotopic (exact) mass is 243 g/mol. The van der Waals surface area contributed by atoms with Gasteiger partial charge in [0.25, 0.3) is 0 Å². The first-order valence-corrected chi connectivity index (χ1v) is 6.52. The van der Waals surface area contributed by atoms with Gasteiger partial charge in [0.05, 0.1) is 6.33 Å². The Morgan fingerprint density at radius 1 is 1.28 bits per heavy atom. The summed E-state index contributed by atoms with van der Waals surface area (Å²) in [4.78, 5) is 4.48. The van der Waals surface area contributed by atoms with E-state index in [1.165, 1.54) is 11.1 Å². The van der Waals surface area contributed by atoms with Crippen LogP contribution in [0.3, 0.4) is 0 Å². The Morgan fingerprint density at radius 2 is 2.06 bits per heavy atom. The van der Waals surface area contributed by atoms with Crippen molar-refractivity contribution in [3.05, 3.63) is 35.7 Å². The van der Waals surface area contributed by atoms with Gasteiger partial charge in [-0.15, -0.1) is 0 Å². The van der Waals surface area contributed by atoms with Crippen LogP contribution in [0.1, 0.15) is 30.9 Å². The number of nitrogen functional groups attached to an aromatic ring is 1. The van der Waals surface area contributed by atoms with Crippen molar-refractivity contribution >= 4 is 5.82 Å². The first-order valence-electron chi connectivity index (χ1n) is 6.52. The van der Waals surface area contributed by atoms with E-state index in [0.717, 1.165) is 36.5 Å². The topological polar surface area (TPSA) is 43.8 Å². The van der Waals surface area contributed by atoms with Crippen LogP contribution in [0.25, 0.3) is 11.3 Å². The minimum Gasteiger partial charge on any atom is -0.383 e. The lowest BCUT2D eigenvalue weighted by molar-refractivity contribution is 0.637. The van der Waals surface area contributed by atoms with E-state index in [4.69, 9.17) is 5.73 Å². The van der Waals surface area contributed by atoms with Crippen molar-refractivity contribution in [2.24, 2.45) is 0 Å². The quantitative estimate of drug-likeness (QED) is 0.892. The highest BCUT2D eigenvalue weighted by molar-refractivity contribution is 5.73. The van der Waals surface area contributed by atoms with Gasteiger partial charge in [0.2, 0.25) is 0 Å². The maximum Gasteiger partial charge on any atom is 0.131 e. The lowest BCUT2D eigenvalue weighted by Crippen LogP contribution is -2.02. The van der Waals surface area contributed by atoms with Crippen LogP contribution >= 0.6 is 0 Å². The van der Waals surface area contributed by atoms with Gasteiger partial charge in [-0.05, 0) is 31.4 Å². The van der Waals surface area contributed by atoms with E-state index in [1.807, 2.05) is 10.9 Å². The third-order valence-corrected chi connectivity index (χ3v) is 3.49. The van der Waals surface area contributed by atoms with E-state index in [0.29, 0.717) is 0 Å². The fourth-order valence-electron chi connectivity index (χ4n) is 2.11. The first-order chi connectivity index (χ1) is 8.65. The lowest BCUT2D eigenvalue weighted by atomic mass is 10.0. The summed E-state index contributed by atoms with van der Waals surface area (Å²) < 4.78 is 2.04. The maximum atomic E-state index is 6.20. The lowest BCUT2D eigenvalue weighted by Gasteiger charge is -2.08. The zero-order valence-corrected chi connectivity index (χ0v) is 11.4. The van der Waals surface area contributed by atoms with Crippen molar-refractivity contribution in [3.8, 4) is 11.3 Å². The van der Waals surface area contributed by atoms with E-state index in [2.05, 4.69) is 44.0 Å². The molecule has 0 fully saturated rings. The Hall–Kier alpha value is -1.77. The third kappa shape index (κ3) is 2.26. The van der Waals surface area contributed by atoms with Gasteiger partial charge in [0.15, 0.2) is 0 Å². The molecule has 0 atom stereocenters. The normalized spacial score (nSPS) is 10.8. The third-order valence-electron chi connectivity index (χ3n) is 3.49. The van der Waals surface area contributed by atoms with Crippen LogP contribution in [0.4, 0.5) is 5.82 Å². The molecule has 0 spiro atoms. The first kappa shape index (κ1) is 12.7. The number of anilines is 1. The maximum absolute atomic E-state index is 6.20. The second-order valence-corrected chi connectivity index (χ2v) is 4.77. The number of unbranched alkanes of at least 4 members (excludes halogenated alkanes) is 1. The van der Waals surface area contributed by atoms with E-state index < -0.39 is 0 Å². The van der Waals surface area contributed by atoms with Crippen molar-refractivity contribution in [1.29, 1.82) is 0 Å². The van der Waals surface area contributed by atoms with Gasteiger partial charge in [0.1, 0.15) is 11.5 Å². The second kappa shape index (κ2) is 5.25. The zero-order chi connectivity index (χ0) is 13.1. The number of nitrogens with two attached hydrogens (primary N) is 1. The minimum absolute atomic E-state index is 0.775. The largest absolute Gasteiger partial charge is 0.383 e. The molecule has 1 aromatic carbocycles. The van der Waals surface area contributed by atoms with Gasteiger partial charge >= 0.3 is 0 Å². The summed E-state index contributed by atoms with van der Waals surface area (Å²) in [5.41, 5.74) is 10.8. The Morgan fingerprint density at radius 3 is 2.78 bits per heavy atom. The molecule has 3 heteroatoms. The fraction of sp³-hybridized carbons (Fsp3) is 0.400. The summed E-state index contributed by atoms with van der Waals surface area (Å²) in [6.07, 6.45) is 4.14. The average molecular weight is 243 g/mol. The van der Waals surface area contributed by atoms with Crippen LogP contribution in [-0.2, 0) is 6.54 Å². The molecule has 2 aromatic rings. The molecule has 18 heavy (non-hydrogen) atoms. The van der Waals surface area contributed by atoms with E-state index in [9.17, 15) is 0 Å². The van der Waals surface area contributed by atoms with Crippen LogP contribution in [0.5, 0.6) is 0 Å². The number of aromatic nitrogens is 2. The molecule has 0 radical (unpaired) electrons. The highest BCUT2D eigenvalue weighted by Gasteiger charge is 2.12. The van der Waals surface area contributed by atoms with Crippen molar-refractivity contribution in [1.82, 2.24) is 9.55 Å². The number of benzene rings is 1. The van der Waals surface area contributed by atoms with E-state index >= 15 is 0 Å². The van der Waals surface area contributed by atoms with Crippen LogP contribution in [0.2, 0.25) is 0 Å². The van der Waals surface area contributed by atoms with E-state index in [-0.39, 0.29) is 0 Å². The number of nitrogens with zero attached hydrogens (tertiary/aromatic N) is 2. The molecule has 96 valence electrons. The summed E-state index contributed by atoms with van der Waals surface area (Å²) >= 11 is 0. The van der Waals surface area contributed by atoms with Gasteiger partial charge in [-0.3, -0.25) is 0 Å². The van der Waals surface area contributed by atoms with Crippen molar-refractivity contribution < 1.29 is 0 Å². The van der Waals surface area contributed by atoms with Crippen LogP contribution in [0, 0.1) is 13.8 Å². The number of hydrogen-bond donors (Lipinski definition) is 1. The van der Waals surface area contributed by atoms with Crippen LogP contribution < -0.4 is 5.73 Å². The van der Waals surface area contributed by atoms with Crippen molar-refractivity contribution in [2.45, 2.75) is 40.2 Å². The highest BCUT2D eigenvalue weighted by atomic mass is 15.1. The summed E-state index contributed by atoms with van der Waals surface area (Å²) in [5.74, 6) is 0.775. The summed E-state index contributed by atoms with van der Waals surface area (Å²) in [6.45, 7) is 7.36. The van der Waals surface area contributed by atoms with Gasteiger partial charge < -0.3 is 10.3 Å². The van der Waals surface area contributed by atoms with Crippen LogP contribution in [-0.4, -0.2) is 9.55 Å². The van der Waals surface area contributed by atoms with Gasteiger partial charge in [-0.2, -0.15) is 0 Å².